The summed E-state index contributed by atoms with van der Waals surface area (Å²) in [5.74, 6) is 0.631. The van der Waals surface area contributed by atoms with Gasteiger partial charge in [-0.2, -0.15) is 5.10 Å². The van der Waals surface area contributed by atoms with Gasteiger partial charge in [0.05, 0.1) is 0 Å². The van der Waals surface area contributed by atoms with Gasteiger partial charge in [0.15, 0.2) is 6.73 Å². The van der Waals surface area contributed by atoms with Crippen LogP contribution < -0.4 is 4.74 Å². The van der Waals surface area contributed by atoms with Gasteiger partial charge in [-0.05, 0) is 42.0 Å². The number of hydrogen-bond acceptors (Lipinski definition) is 4. The van der Waals surface area contributed by atoms with Crippen LogP contribution >= 0.6 is 23.2 Å². The average Bonchev–Trinajstić information content (AvgIpc) is 3.24. The third-order valence-corrected chi connectivity index (χ3v) is 5.73. The Balaban J connectivity index is 1.33. The Kier molecular flexibility index (Phi) is 6.57. The fourth-order valence-corrected chi connectivity index (χ4v) is 3.74. The number of rotatable bonds is 6. The summed E-state index contributed by atoms with van der Waals surface area (Å²) in [5, 5.41) is 5.66. The van der Waals surface area contributed by atoms with Gasteiger partial charge in [0.2, 0.25) is 0 Å². The first-order valence-corrected chi connectivity index (χ1v) is 10.5. The zero-order valence-electron chi connectivity index (χ0n) is 16.4. The van der Waals surface area contributed by atoms with E-state index in [-0.39, 0.29) is 12.6 Å². The monoisotopic (exact) mass is 444 g/mol. The van der Waals surface area contributed by atoms with E-state index >= 15 is 0 Å². The number of ether oxygens (including phenoxy) is 1. The summed E-state index contributed by atoms with van der Waals surface area (Å²) in [6.45, 7) is 3.86. The predicted octanol–water partition coefficient (Wildman–Crippen LogP) is 4.18. The van der Waals surface area contributed by atoms with Crippen molar-refractivity contribution < 1.29 is 9.53 Å². The SMILES string of the molecule is O=C(c1ccnn1COc1ccc(Cl)cc1)N1CCN(Cc2ccccc2Cl)CC1. The highest BCUT2D eigenvalue weighted by Gasteiger charge is 2.24. The van der Waals surface area contributed by atoms with Crippen LogP contribution in [0.3, 0.4) is 0 Å². The van der Waals surface area contributed by atoms with Crippen molar-refractivity contribution in [3.05, 3.63) is 82.1 Å². The van der Waals surface area contributed by atoms with E-state index in [9.17, 15) is 4.79 Å². The lowest BCUT2D eigenvalue weighted by molar-refractivity contribution is 0.0607. The van der Waals surface area contributed by atoms with Gasteiger partial charge >= 0.3 is 0 Å². The molecule has 4 rings (SSSR count). The lowest BCUT2D eigenvalue weighted by atomic mass is 10.2. The number of benzene rings is 2. The smallest absolute Gasteiger partial charge is 0.272 e. The van der Waals surface area contributed by atoms with Crippen LogP contribution in [0.4, 0.5) is 0 Å². The van der Waals surface area contributed by atoms with Crippen LogP contribution in [0, 0.1) is 0 Å². The van der Waals surface area contributed by atoms with E-state index in [2.05, 4.69) is 10.00 Å². The third-order valence-electron chi connectivity index (χ3n) is 5.11. The van der Waals surface area contributed by atoms with E-state index in [0.29, 0.717) is 29.6 Å². The summed E-state index contributed by atoms with van der Waals surface area (Å²) in [4.78, 5) is 17.2. The molecule has 0 bridgehead atoms. The van der Waals surface area contributed by atoms with Gasteiger partial charge in [-0.3, -0.25) is 9.69 Å². The summed E-state index contributed by atoms with van der Waals surface area (Å²) >= 11 is 12.2. The van der Waals surface area contributed by atoms with Crippen LogP contribution in [0.25, 0.3) is 0 Å². The quantitative estimate of drug-likeness (QED) is 0.571. The van der Waals surface area contributed by atoms with Crippen LogP contribution in [0.2, 0.25) is 10.0 Å². The summed E-state index contributed by atoms with van der Waals surface area (Å²) in [5.41, 5.74) is 1.62. The van der Waals surface area contributed by atoms with Gasteiger partial charge in [0.1, 0.15) is 11.4 Å². The maximum Gasteiger partial charge on any atom is 0.272 e. The number of aromatic nitrogens is 2. The normalized spacial score (nSPS) is 14.7. The summed E-state index contributed by atoms with van der Waals surface area (Å²) in [7, 11) is 0. The van der Waals surface area contributed by atoms with Gasteiger partial charge in [-0.15, -0.1) is 0 Å². The Morgan fingerprint density at radius 2 is 1.70 bits per heavy atom. The van der Waals surface area contributed by atoms with Crippen LogP contribution in [0.15, 0.2) is 60.8 Å². The molecule has 1 aliphatic rings. The Morgan fingerprint density at radius 3 is 2.43 bits per heavy atom. The Labute approximate surface area is 185 Å². The fraction of sp³-hybridized carbons (Fsp3) is 0.273. The molecule has 1 saturated heterocycles. The van der Waals surface area contributed by atoms with E-state index in [0.717, 1.165) is 30.2 Å². The molecule has 0 unspecified atom stereocenters. The second-order valence-corrected chi connectivity index (χ2v) is 7.95. The number of carbonyl (C=O) groups is 1. The molecular weight excluding hydrogens is 423 g/mol. The molecule has 6 nitrogen and oxygen atoms in total. The molecule has 1 fully saturated rings. The number of halogens is 2. The minimum Gasteiger partial charge on any atom is -0.471 e. The van der Waals surface area contributed by atoms with Gasteiger partial charge in [-0.1, -0.05) is 41.4 Å². The van der Waals surface area contributed by atoms with E-state index < -0.39 is 0 Å². The largest absolute Gasteiger partial charge is 0.471 e. The topological polar surface area (TPSA) is 50.6 Å². The second-order valence-electron chi connectivity index (χ2n) is 7.10. The number of nitrogens with zero attached hydrogens (tertiary/aromatic N) is 4. The molecule has 30 heavy (non-hydrogen) atoms. The highest BCUT2D eigenvalue weighted by Crippen LogP contribution is 2.19. The molecule has 8 heteroatoms. The van der Waals surface area contributed by atoms with Crippen molar-refractivity contribution in [3.63, 3.8) is 0 Å². The molecule has 3 aromatic rings. The second kappa shape index (κ2) is 9.51. The Hall–Kier alpha value is -2.54. The van der Waals surface area contributed by atoms with Crippen molar-refractivity contribution in [3.8, 4) is 5.75 Å². The molecule has 1 aromatic heterocycles. The predicted molar refractivity (Wildman–Crippen MR) is 117 cm³/mol. The Bertz CT molecular complexity index is 998. The Morgan fingerprint density at radius 1 is 0.967 bits per heavy atom. The van der Waals surface area contributed by atoms with E-state index in [4.69, 9.17) is 27.9 Å². The highest BCUT2D eigenvalue weighted by atomic mass is 35.5. The molecule has 1 aliphatic heterocycles. The average molecular weight is 445 g/mol. The molecule has 0 aliphatic carbocycles. The minimum absolute atomic E-state index is 0.0374. The maximum absolute atomic E-state index is 13.0. The van der Waals surface area contributed by atoms with Crippen molar-refractivity contribution in [2.75, 3.05) is 26.2 Å². The lowest BCUT2D eigenvalue weighted by Gasteiger charge is -2.34. The van der Waals surface area contributed by atoms with Crippen LogP contribution in [0.5, 0.6) is 5.75 Å². The molecule has 0 spiro atoms. The summed E-state index contributed by atoms with van der Waals surface area (Å²) < 4.78 is 7.30. The summed E-state index contributed by atoms with van der Waals surface area (Å²) in [6, 6.07) is 16.7. The fourth-order valence-electron chi connectivity index (χ4n) is 3.42. The molecule has 156 valence electrons. The molecule has 0 radical (unpaired) electrons. The first-order chi connectivity index (χ1) is 14.6. The highest BCUT2D eigenvalue weighted by molar-refractivity contribution is 6.31. The van der Waals surface area contributed by atoms with Crippen molar-refractivity contribution in [2.45, 2.75) is 13.3 Å². The maximum atomic E-state index is 13.0. The van der Waals surface area contributed by atoms with Crippen molar-refractivity contribution in [1.29, 1.82) is 0 Å². The third kappa shape index (κ3) is 4.95. The number of hydrogen-bond donors (Lipinski definition) is 0. The van der Waals surface area contributed by atoms with Crippen LogP contribution in [0.1, 0.15) is 16.1 Å². The zero-order chi connectivity index (χ0) is 20.9. The van der Waals surface area contributed by atoms with E-state index in [1.165, 1.54) is 0 Å². The number of piperazine rings is 1. The first kappa shape index (κ1) is 20.7. The van der Waals surface area contributed by atoms with Gasteiger partial charge in [0, 0.05) is 49.0 Å². The standard InChI is InChI=1S/C22H22Cl2N4O2/c23-18-5-7-19(8-6-18)30-16-28-21(9-10-25-28)22(29)27-13-11-26(12-14-27)15-17-3-1-2-4-20(17)24/h1-10H,11-16H2. The van der Waals surface area contributed by atoms with E-state index in [1.807, 2.05) is 29.2 Å². The zero-order valence-corrected chi connectivity index (χ0v) is 17.9. The van der Waals surface area contributed by atoms with Crippen LogP contribution in [-0.2, 0) is 13.3 Å². The summed E-state index contributed by atoms with van der Waals surface area (Å²) in [6.07, 6.45) is 1.62. The van der Waals surface area contributed by atoms with Crippen molar-refractivity contribution in [2.24, 2.45) is 0 Å². The van der Waals surface area contributed by atoms with Gasteiger partial charge in [-0.25, -0.2) is 4.68 Å². The van der Waals surface area contributed by atoms with E-state index in [1.54, 1.807) is 41.2 Å². The van der Waals surface area contributed by atoms with Crippen molar-refractivity contribution in [1.82, 2.24) is 19.6 Å². The molecule has 0 N–H and O–H groups in total. The minimum atomic E-state index is -0.0374. The molecular formula is C22H22Cl2N4O2. The van der Waals surface area contributed by atoms with Crippen LogP contribution in [-0.4, -0.2) is 51.7 Å². The molecule has 0 atom stereocenters. The lowest BCUT2D eigenvalue weighted by Crippen LogP contribution is -2.48. The number of carbonyl (C=O) groups excluding carboxylic acids is 1. The van der Waals surface area contributed by atoms with Gasteiger partial charge < -0.3 is 9.64 Å². The molecule has 2 heterocycles. The van der Waals surface area contributed by atoms with Gasteiger partial charge in [0.25, 0.3) is 5.91 Å². The molecule has 2 aromatic carbocycles. The number of amides is 1. The molecule has 1 amide bonds. The van der Waals surface area contributed by atoms with Crippen molar-refractivity contribution >= 4 is 29.1 Å². The first-order valence-electron chi connectivity index (χ1n) is 9.75. The molecule has 0 saturated carbocycles.